The number of hydrogen-bond donors (Lipinski definition) is 0. The minimum atomic E-state index is 0.626. The van der Waals surface area contributed by atoms with E-state index in [-0.39, 0.29) is 0 Å². The number of nitrogens with zero attached hydrogens (tertiary/aromatic N) is 1. The molecule has 0 aromatic rings. The van der Waals surface area contributed by atoms with Gasteiger partial charge in [0, 0.05) is 12.1 Å². The molecule has 2 atom stereocenters. The zero-order chi connectivity index (χ0) is 8.93. The first-order valence-electron chi connectivity index (χ1n) is 5.45. The predicted octanol–water partition coefficient (Wildman–Crippen LogP) is 2.81. The summed E-state index contributed by atoms with van der Waals surface area (Å²) in [5, 5.41) is 4.89. The summed E-state index contributed by atoms with van der Waals surface area (Å²) < 4.78 is 0. The van der Waals surface area contributed by atoms with E-state index >= 15 is 0 Å². The predicted molar refractivity (Wildman–Crippen MR) is 55.7 cm³/mol. The fraction of sp³-hybridized carbons (Fsp3) is 0.667. The van der Waals surface area contributed by atoms with Crippen molar-refractivity contribution >= 4 is 0 Å². The third-order valence-electron chi connectivity index (χ3n) is 2.90. The third kappa shape index (κ3) is 2.70. The van der Waals surface area contributed by atoms with Gasteiger partial charge in [-0.1, -0.05) is 24.3 Å². The Morgan fingerprint density at radius 2 is 1.31 bits per heavy atom. The maximum absolute atomic E-state index is 4.89. The number of allylic oxidation sites excluding steroid dienone is 2. The van der Waals surface area contributed by atoms with Gasteiger partial charge in [-0.3, -0.25) is 0 Å². The van der Waals surface area contributed by atoms with E-state index in [4.69, 9.17) is 5.32 Å². The van der Waals surface area contributed by atoms with Crippen molar-refractivity contribution in [1.82, 2.24) is 5.32 Å². The van der Waals surface area contributed by atoms with Crippen LogP contribution in [0.4, 0.5) is 0 Å². The minimum absolute atomic E-state index is 0.626. The topological polar surface area (TPSA) is 14.1 Å². The third-order valence-corrected chi connectivity index (χ3v) is 2.90. The van der Waals surface area contributed by atoms with E-state index in [0.717, 1.165) is 0 Å². The molecule has 2 aliphatic carbocycles. The first kappa shape index (κ1) is 9.01. The van der Waals surface area contributed by atoms with E-state index in [1.165, 1.54) is 38.5 Å². The summed E-state index contributed by atoms with van der Waals surface area (Å²) in [6.07, 6.45) is 16.5. The van der Waals surface area contributed by atoms with E-state index in [9.17, 15) is 0 Å². The normalized spacial score (nSPS) is 33.5. The SMILES string of the molecule is C1=CCC([N]C2CC=CCC2)CC1. The van der Waals surface area contributed by atoms with Crippen LogP contribution in [-0.4, -0.2) is 12.1 Å². The zero-order valence-electron chi connectivity index (χ0n) is 8.15. The smallest absolute Gasteiger partial charge is 0.0286 e. The zero-order valence-corrected chi connectivity index (χ0v) is 8.15. The van der Waals surface area contributed by atoms with Crippen molar-refractivity contribution in [1.29, 1.82) is 0 Å². The molecule has 2 unspecified atom stereocenters. The fourth-order valence-corrected chi connectivity index (χ4v) is 2.12. The largest absolute Gasteiger partial charge is 0.234 e. The molecule has 0 amide bonds. The van der Waals surface area contributed by atoms with Gasteiger partial charge in [-0.05, 0) is 38.5 Å². The minimum Gasteiger partial charge on any atom is -0.234 e. The van der Waals surface area contributed by atoms with E-state index in [1.54, 1.807) is 0 Å². The van der Waals surface area contributed by atoms with E-state index < -0.39 is 0 Å². The van der Waals surface area contributed by atoms with Crippen LogP contribution in [0.1, 0.15) is 38.5 Å². The Labute approximate surface area is 80.9 Å². The summed E-state index contributed by atoms with van der Waals surface area (Å²) >= 11 is 0. The van der Waals surface area contributed by atoms with Crippen molar-refractivity contribution in [2.75, 3.05) is 0 Å². The average Bonchev–Trinajstić information content (AvgIpc) is 2.21. The molecule has 0 saturated heterocycles. The molecule has 1 heteroatoms. The molecule has 0 bridgehead atoms. The van der Waals surface area contributed by atoms with Crippen LogP contribution in [-0.2, 0) is 0 Å². The van der Waals surface area contributed by atoms with Crippen LogP contribution in [0.25, 0.3) is 0 Å². The Bertz CT molecular complexity index is 183. The van der Waals surface area contributed by atoms with Crippen LogP contribution in [0.5, 0.6) is 0 Å². The Balaban J connectivity index is 1.76. The molecule has 0 aromatic heterocycles. The van der Waals surface area contributed by atoms with Crippen LogP contribution < -0.4 is 5.32 Å². The Morgan fingerprint density at radius 1 is 0.769 bits per heavy atom. The van der Waals surface area contributed by atoms with Crippen molar-refractivity contribution in [3.63, 3.8) is 0 Å². The van der Waals surface area contributed by atoms with Crippen LogP contribution in [0.3, 0.4) is 0 Å². The van der Waals surface area contributed by atoms with Gasteiger partial charge < -0.3 is 0 Å². The highest BCUT2D eigenvalue weighted by molar-refractivity contribution is 4.97. The van der Waals surface area contributed by atoms with Gasteiger partial charge in [-0.25, -0.2) is 5.32 Å². The molecule has 0 saturated carbocycles. The standard InChI is InChI=1S/C12H18N/c1-3-7-11(8-4-1)13-12-9-5-2-6-10-12/h1-3,5,11-12H,4,6-10H2. The summed E-state index contributed by atoms with van der Waals surface area (Å²) in [5.41, 5.74) is 0. The molecule has 0 fully saturated rings. The van der Waals surface area contributed by atoms with Crippen molar-refractivity contribution in [2.24, 2.45) is 0 Å². The lowest BCUT2D eigenvalue weighted by molar-refractivity contribution is 0.373. The molecule has 1 radical (unpaired) electrons. The van der Waals surface area contributed by atoms with Crippen LogP contribution in [0.15, 0.2) is 24.3 Å². The second-order valence-electron chi connectivity index (χ2n) is 4.03. The first-order valence-corrected chi connectivity index (χ1v) is 5.45. The van der Waals surface area contributed by atoms with Gasteiger partial charge in [0.1, 0.15) is 0 Å². The monoisotopic (exact) mass is 176 g/mol. The van der Waals surface area contributed by atoms with E-state index in [2.05, 4.69) is 24.3 Å². The van der Waals surface area contributed by atoms with Gasteiger partial charge in [0.15, 0.2) is 0 Å². The van der Waals surface area contributed by atoms with Gasteiger partial charge in [-0.15, -0.1) is 0 Å². The Kier molecular flexibility index (Phi) is 3.20. The van der Waals surface area contributed by atoms with Crippen molar-refractivity contribution in [3.05, 3.63) is 24.3 Å². The van der Waals surface area contributed by atoms with Gasteiger partial charge in [-0.2, -0.15) is 0 Å². The highest BCUT2D eigenvalue weighted by atomic mass is 14.9. The summed E-state index contributed by atoms with van der Waals surface area (Å²) in [6, 6.07) is 1.25. The molecule has 0 aromatic carbocycles. The van der Waals surface area contributed by atoms with Crippen LogP contribution >= 0.6 is 0 Å². The Morgan fingerprint density at radius 3 is 1.69 bits per heavy atom. The lowest BCUT2D eigenvalue weighted by atomic mass is 9.97. The second kappa shape index (κ2) is 4.61. The molecule has 0 N–H and O–H groups in total. The molecule has 2 rings (SSSR count). The van der Waals surface area contributed by atoms with Crippen molar-refractivity contribution in [3.8, 4) is 0 Å². The maximum Gasteiger partial charge on any atom is 0.0286 e. The van der Waals surface area contributed by atoms with Gasteiger partial charge in [0.05, 0.1) is 0 Å². The number of rotatable bonds is 2. The van der Waals surface area contributed by atoms with Gasteiger partial charge >= 0.3 is 0 Å². The molecule has 1 nitrogen and oxygen atoms in total. The van der Waals surface area contributed by atoms with Crippen LogP contribution in [0, 0.1) is 0 Å². The molecule has 0 spiro atoms. The van der Waals surface area contributed by atoms with Gasteiger partial charge in [0.25, 0.3) is 0 Å². The van der Waals surface area contributed by atoms with E-state index in [0.29, 0.717) is 12.1 Å². The summed E-state index contributed by atoms with van der Waals surface area (Å²) in [7, 11) is 0. The lowest BCUT2D eigenvalue weighted by Crippen LogP contribution is -2.32. The quantitative estimate of drug-likeness (QED) is 0.574. The Hall–Kier alpha value is -0.560. The highest BCUT2D eigenvalue weighted by Gasteiger charge is 2.17. The summed E-state index contributed by atoms with van der Waals surface area (Å²) in [4.78, 5) is 0. The summed E-state index contributed by atoms with van der Waals surface area (Å²) in [6.45, 7) is 0. The van der Waals surface area contributed by atoms with Crippen LogP contribution in [0.2, 0.25) is 0 Å². The summed E-state index contributed by atoms with van der Waals surface area (Å²) in [5.74, 6) is 0. The van der Waals surface area contributed by atoms with Crippen molar-refractivity contribution < 1.29 is 0 Å². The van der Waals surface area contributed by atoms with Crippen molar-refractivity contribution in [2.45, 2.75) is 50.6 Å². The second-order valence-corrected chi connectivity index (χ2v) is 4.03. The molecular formula is C12H18N. The first-order chi connectivity index (χ1) is 6.45. The molecule has 13 heavy (non-hydrogen) atoms. The molecule has 2 aliphatic rings. The van der Waals surface area contributed by atoms with E-state index in [1.807, 2.05) is 0 Å². The molecule has 0 heterocycles. The fourth-order valence-electron chi connectivity index (χ4n) is 2.12. The van der Waals surface area contributed by atoms with Gasteiger partial charge in [0.2, 0.25) is 0 Å². The maximum atomic E-state index is 4.89. The molecular weight excluding hydrogens is 158 g/mol. The highest BCUT2D eigenvalue weighted by Crippen LogP contribution is 2.17. The molecule has 0 aliphatic heterocycles. The molecule has 71 valence electrons. The average molecular weight is 176 g/mol. The number of hydrogen-bond acceptors (Lipinski definition) is 0. The lowest BCUT2D eigenvalue weighted by Gasteiger charge is -2.25.